The first-order valence-electron chi connectivity index (χ1n) is 10.1. The largest absolute Gasteiger partial charge is 0.352 e. The van der Waals surface area contributed by atoms with E-state index in [0.29, 0.717) is 13.1 Å². The molecular weight excluding hydrogens is 370 g/mol. The van der Waals surface area contributed by atoms with Crippen LogP contribution in [-0.2, 0) is 27.5 Å². The normalized spacial score (nSPS) is 21.3. The van der Waals surface area contributed by atoms with Crippen molar-refractivity contribution in [3.8, 4) is 0 Å². The van der Waals surface area contributed by atoms with Gasteiger partial charge in [0.25, 0.3) is 0 Å². The molecule has 1 saturated carbocycles. The number of amides is 3. The summed E-state index contributed by atoms with van der Waals surface area (Å²) in [5.74, 6) is -0.649. The second-order valence-corrected chi connectivity index (χ2v) is 7.76. The maximum atomic E-state index is 12.5. The van der Waals surface area contributed by atoms with Crippen molar-refractivity contribution in [1.82, 2.24) is 25.0 Å². The van der Waals surface area contributed by atoms with Crippen LogP contribution in [0.15, 0.2) is 36.9 Å². The number of carbonyl (C=O) groups is 3. The lowest BCUT2D eigenvalue weighted by molar-refractivity contribution is -0.140. The molecule has 2 fully saturated rings. The fourth-order valence-corrected chi connectivity index (χ4v) is 4.22. The molecule has 0 bridgehead atoms. The average Bonchev–Trinajstić information content (AvgIpc) is 3.33. The standard InChI is InChI=1S/C21H25N5O3/c27-19(9-10-26-20(28)17-3-1-2-4-18(17)21(26)29)23-11-15-5-7-16(8-6-15)12-25-14-22-13-24-25/h5-8,13-14,17-18H,1-4,9-12H2,(H,23,27). The zero-order chi connectivity index (χ0) is 20.2. The third-order valence-electron chi connectivity index (χ3n) is 5.82. The Kier molecular flexibility index (Phi) is 5.69. The molecule has 2 heterocycles. The lowest BCUT2D eigenvalue weighted by Gasteiger charge is -2.19. The van der Waals surface area contributed by atoms with Crippen LogP contribution < -0.4 is 5.32 Å². The minimum absolute atomic E-state index is 0.0875. The molecule has 2 aliphatic rings. The van der Waals surface area contributed by atoms with Gasteiger partial charge in [-0.3, -0.25) is 19.3 Å². The third-order valence-corrected chi connectivity index (χ3v) is 5.82. The van der Waals surface area contributed by atoms with Crippen molar-refractivity contribution >= 4 is 17.7 Å². The van der Waals surface area contributed by atoms with E-state index >= 15 is 0 Å². The van der Waals surface area contributed by atoms with Gasteiger partial charge in [-0.2, -0.15) is 5.10 Å². The number of nitrogens with zero attached hydrogens (tertiary/aromatic N) is 4. The summed E-state index contributed by atoms with van der Waals surface area (Å²) in [6.45, 7) is 1.23. The molecule has 1 aromatic heterocycles. The molecule has 8 heteroatoms. The minimum Gasteiger partial charge on any atom is -0.352 e. The van der Waals surface area contributed by atoms with E-state index < -0.39 is 0 Å². The fraction of sp³-hybridized carbons (Fsp3) is 0.476. The first-order valence-corrected chi connectivity index (χ1v) is 10.1. The summed E-state index contributed by atoms with van der Waals surface area (Å²) in [6.07, 6.45) is 6.91. The molecule has 0 spiro atoms. The zero-order valence-electron chi connectivity index (χ0n) is 16.3. The lowest BCUT2D eigenvalue weighted by atomic mass is 9.81. The van der Waals surface area contributed by atoms with Crippen LogP contribution in [0.3, 0.4) is 0 Å². The van der Waals surface area contributed by atoms with Gasteiger partial charge in [-0.15, -0.1) is 0 Å². The Bertz CT molecular complexity index is 854. The number of hydrogen-bond acceptors (Lipinski definition) is 5. The number of likely N-dealkylation sites (tertiary alicyclic amines) is 1. The van der Waals surface area contributed by atoms with Crippen molar-refractivity contribution in [2.75, 3.05) is 6.54 Å². The summed E-state index contributed by atoms with van der Waals surface area (Å²) < 4.78 is 1.74. The Balaban J connectivity index is 1.23. The third kappa shape index (κ3) is 4.36. The number of imide groups is 1. The molecule has 8 nitrogen and oxygen atoms in total. The van der Waals surface area contributed by atoms with Gasteiger partial charge in [0.1, 0.15) is 12.7 Å². The Labute approximate surface area is 169 Å². The average molecular weight is 395 g/mol. The molecule has 4 rings (SSSR count). The van der Waals surface area contributed by atoms with Crippen LogP contribution in [0.2, 0.25) is 0 Å². The van der Waals surface area contributed by atoms with Gasteiger partial charge < -0.3 is 5.32 Å². The fourth-order valence-electron chi connectivity index (χ4n) is 4.22. The maximum Gasteiger partial charge on any atom is 0.233 e. The van der Waals surface area contributed by atoms with E-state index in [1.165, 1.54) is 11.2 Å². The molecule has 3 amide bonds. The van der Waals surface area contributed by atoms with E-state index in [9.17, 15) is 14.4 Å². The van der Waals surface area contributed by atoms with E-state index in [-0.39, 0.29) is 42.5 Å². The quantitative estimate of drug-likeness (QED) is 0.717. The van der Waals surface area contributed by atoms with Crippen LogP contribution >= 0.6 is 0 Å². The van der Waals surface area contributed by atoms with Gasteiger partial charge in [0.05, 0.1) is 18.4 Å². The Morgan fingerprint density at radius 2 is 1.69 bits per heavy atom. The smallest absolute Gasteiger partial charge is 0.233 e. The molecule has 1 saturated heterocycles. The molecule has 29 heavy (non-hydrogen) atoms. The molecule has 2 aromatic rings. The van der Waals surface area contributed by atoms with Crippen molar-refractivity contribution < 1.29 is 14.4 Å². The van der Waals surface area contributed by atoms with Crippen LogP contribution in [0.1, 0.15) is 43.2 Å². The van der Waals surface area contributed by atoms with E-state index in [4.69, 9.17) is 0 Å². The minimum atomic E-state index is -0.160. The van der Waals surface area contributed by atoms with Crippen molar-refractivity contribution in [2.24, 2.45) is 11.8 Å². The molecule has 1 aromatic carbocycles. The molecule has 152 valence electrons. The predicted octanol–water partition coefficient (Wildman–Crippen LogP) is 1.51. The molecule has 0 radical (unpaired) electrons. The second kappa shape index (κ2) is 8.55. The van der Waals surface area contributed by atoms with Gasteiger partial charge >= 0.3 is 0 Å². The second-order valence-electron chi connectivity index (χ2n) is 7.76. The SMILES string of the molecule is O=C(CCN1C(=O)C2CCCCC2C1=O)NCc1ccc(Cn2cncn2)cc1. The Hall–Kier alpha value is -3.03. The highest BCUT2D eigenvalue weighted by atomic mass is 16.2. The summed E-state index contributed by atoms with van der Waals surface area (Å²) in [5.41, 5.74) is 2.08. The molecule has 1 N–H and O–H groups in total. The topological polar surface area (TPSA) is 97.2 Å². The first kappa shape index (κ1) is 19.3. The summed E-state index contributed by atoms with van der Waals surface area (Å²) in [6, 6.07) is 7.91. The van der Waals surface area contributed by atoms with Gasteiger partial charge in [-0.05, 0) is 24.0 Å². The number of benzene rings is 1. The zero-order valence-corrected chi connectivity index (χ0v) is 16.3. The molecular formula is C21H25N5O3. The Morgan fingerprint density at radius 1 is 1.03 bits per heavy atom. The van der Waals surface area contributed by atoms with E-state index in [2.05, 4.69) is 15.4 Å². The number of fused-ring (bicyclic) bond motifs is 1. The summed E-state index contributed by atoms with van der Waals surface area (Å²) in [5, 5.41) is 6.94. The number of aromatic nitrogens is 3. The van der Waals surface area contributed by atoms with Gasteiger partial charge in [0.15, 0.2) is 0 Å². The Morgan fingerprint density at radius 3 is 2.31 bits per heavy atom. The van der Waals surface area contributed by atoms with E-state index in [1.54, 1.807) is 11.0 Å². The predicted molar refractivity (Wildman–Crippen MR) is 104 cm³/mol. The number of hydrogen-bond donors (Lipinski definition) is 1. The van der Waals surface area contributed by atoms with E-state index in [1.807, 2.05) is 24.3 Å². The van der Waals surface area contributed by atoms with E-state index in [0.717, 1.165) is 36.8 Å². The highest BCUT2D eigenvalue weighted by Gasteiger charge is 2.47. The summed E-state index contributed by atoms with van der Waals surface area (Å²) in [4.78, 5) is 42.3. The van der Waals surface area contributed by atoms with Crippen LogP contribution in [0, 0.1) is 11.8 Å². The van der Waals surface area contributed by atoms with Crippen LogP contribution in [-0.4, -0.2) is 43.9 Å². The van der Waals surface area contributed by atoms with Crippen molar-refractivity contribution in [3.63, 3.8) is 0 Å². The molecule has 1 aliphatic carbocycles. The van der Waals surface area contributed by atoms with Crippen LogP contribution in [0.5, 0.6) is 0 Å². The number of rotatable bonds is 7. The van der Waals surface area contributed by atoms with Crippen molar-refractivity contribution in [2.45, 2.75) is 45.2 Å². The highest BCUT2D eigenvalue weighted by molar-refractivity contribution is 6.05. The molecule has 2 atom stereocenters. The first-order chi connectivity index (χ1) is 14.1. The van der Waals surface area contributed by atoms with Gasteiger partial charge in [-0.25, -0.2) is 9.67 Å². The lowest BCUT2D eigenvalue weighted by Crippen LogP contribution is -2.35. The van der Waals surface area contributed by atoms with Gasteiger partial charge in [0, 0.05) is 19.5 Å². The molecule has 2 unspecified atom stereocenters. The highest BCUT2D eigenvalue weighted by Crippen LogP contribution is 2.37. The number of carbonyl (C=O) groups excluding carboxylic acids is 3. The molecule has 1 aliphatic heterocycles. The monoisotopic (exact) mass is 395 g/mol. The van der Waals surface area contributed by atoms with Crippen LogP contribution in [0.25, 0.3) is 0 Å². The number of nitrogens with one attached hydrogen (secondary N) is 1. The summed E-state index contributed by atoms with van der Waals surface area (Å²) >= 11 is 0. The van der Waals surface area contributed by atoms with Crippen molar-refractivity contribution in [1.29, 1.82) is 0 Å². The summed E-state index contributed by atoms with van der Waals surface area (Å²) in [7, 11) is 0. The van der Waals surface area contributed by atoms with Crippen LogP contribution in [0.4, 0.5) is 0 Å². The van der Waals surface area contributed by atoms with Gasteiger partial charge in [0.2, 0.25) is 17.7 Å². The maximum absolute atomic E-state index is 12.5. The van der Waals surface area contributed by atoms with Gasteiger partial charge in [-0.1, -0.05) is 37.1 Å². The van der Waals surface area contributed by atoms with Crippen molar-refractivity contribution in [3.05, 3.63) is 48.0 Å².